The normalized spacial score (nSPS) is 19.7. The molecular formula is C25H36N4O12P2. The number of fused-ring (bicyclic) bond motifs is 1. The van der Waals surface area contributed by atoms with Crippen molar-refractivity contribution in [3.05, 3.63) is 34.1 Å². The highest BCUT2D eigenvalue weighted by Crippen LogP contribution is 2.71. The van der Waals surface area contributed by atoms with Crippen LogP contribution in [0.3, 0.4) is 0 Å². The van der Waals surface area contributed by atoms with Crippen LogP contribution in [0, 0.1) is 5.92 Å². The van der Waals surface area contributed by atoms with Gasteiger partial charge in [0.15, 0.2) is 5.75 Å². The number of carbonyl (C=O) groups excluding carboxylic acids is 1. The third kappa shape index (κ3) is 6.46. The summed E-state index contributed by atoms with van der Waals surface area (Å²) < 4.78 is 36.9. The average Bonchev–Trinajstić information content (AvgIpc) is 3.74. The molecule has 1 aromatic heterocycles. The zero-order chi connectivity index (χ0) is 31.9. The molecule has 0 spiro atoms. The zero-order valence-electron chi connectivity index (χ0n) is 23.6. The monoisotopic (exact) mass is 646 g/mol. The van der Waals surface area contributed by atoms with Crippen molar-refractivity contribution < 1.29 is 52.9 Å². The number of nitrogens with two attached hydrogens (primary N) is 1. The van der Waals surface area contributed by atoms with Gasteiger partial charge in [-0.3, -0.25) is 13.9 Å². The van der Waals surface area contributed by atoms with Crippen molar-refractivity contribution >= 4 is 43.8 Å². The minimum absolute atomic E-state index is 0.00241. The topological polar surface area (TPSA) is 251 Å². The second-order valence-corrected chi connectivity index (χ2v) is 15.0. The van der Waals surface area contributed by atoms with Crippen LogP contribution in [0.25, 0.3) is 10.9 Å². The van der Waals surface area contributed by atoms with Crippen molar-refractivity contribution in [2.75, 3.05) is 31.6 Å². The van der Waals surface area contributed by atoms with E-state index in [-0.39, 0.29) is 42.4 Å². The van der Waals surface area contributed by atoms with Crippen molar-refractivity contribution in [1.29, 1.82) is 0 Å². The summed E-state index contributed by atoms with van der Waals surface area (Å²) in [4.78, 5) is 78.9. The summed E-state index contributed by atoms with van der Waals surface area (Å²) in [6, 6.07) is 2.47. The predicted molar refractivity (Wildman–Crippen MR) is 154 cm³/mol. The van der Waals surface area contributed by atoms with Gasteiger partial charge >= 0.3 is 32.3 Å². The van der Waals surface area contributed by atoms with Gasteiger partial charge in [0.25, 0.3) is 0 Å². The number of pyridine rings is 1. The van der Waals surface area contributed by atoms with Crippen LogP contribution in [0.2, 0.25) is 0 Å². The number of hydrogen-bond donors (Lipinski definition) is 7. The van der Waals surface area contributed by atoms with E-state index in [0.29, 0.717) is 29.9 Å². The Morgan fingerprint density at radius 1 is 1.14 bits per heavy atom. The molecule has 1 aliphatic heterocycles. The number of anilines is 1. The average molecular weight is 647 g/mol. The predicted octanol–water partition coefficient (Wildman–Crippen LogP) is 1.73. The Hall–Kier alpha value is -2.97. The summed E-state index contributed by atoms with van der Waals surface area (Å²) in [7, 11) is -9.95. The summed E-state index contributed by atoms with van der Waals surface area (Å²) in [5.74, 6) is -1.05. The number of benzene rings is 1. The smallest absolute Gasteiger partial charge is 0.409 e. The summed E-state index contributed by atoms with van der Waals surface area (Å²) in [5.41, 5.74) is 5.38. The lowest BCUT2D eigenvalue weighted by Crippen LogP contribution is -2.52. The van der Waals surface area contributed by atoms with Gasteiger partial charge in [-0.15, -0.1) is 0 Å². The van der Waals surface area contributed by atoms with Gasteiger partial charge in [0.2, 0.25) is 5.43 Å². The SMILES string of the molecule is COc1c(N2C[C@@H](C)C[C@H](NC(=O)OC(CCCN)(P(=O)(O)O)P(=O)(O)O)C2)ccc2c(=O)c(C(=O)O)cn(C3CC3)c12. The molecule has 1 saturated carbocycles. The van der Waals surface area contributed by atoms with Crippen molar-refractivity contribution in [3.8, 4) is 5.75 Å². The van der Waals surface area contributed by atoms with E-state index in [2.05, 4.69) is 5.32 Å². The van der Waals surface area contributed by atoms with Crippen molar-refractivity contribution in [3.63, 3.8) is 0 Å². The molecule has 1 saturated heterocycles. The summed E-state index contributed by atoms with van der Waals surface area (Å²) in [5, 5.41) is 8.85. The van der Waals surface area contributed by atoms with Gasteiger partial charge in [0, 0.05) is 37.8 Å². The molecule has 2 aliphatic rings. The lowest BCUT2D eigenvalue weighted by Gasteiger charge is -2.39. The van der Waals surface area contributed by atoms with E-state index in [1.807, 2.05) is 11.8 Å². The number of rotatable bonds is 11. The van der Waals surface area contributed by atoms with E-state index in [4.69, 9.17) is 15.2 Å². The second-order valence-electron chi connectivity index (χ2n) is 11.0. The van der Waals surface area contributed by atoms with Crippen LogP contribution in [0.4, 0.5) is 10.5 Å². The van der Waals surface area contributed by atoms with Crippen molar-refractivity contribution in [1.82, 2.24) is 9.88 Å². The maximum Gasteiger partial charge on any atom is 0.409 e. The Morgan fingerprint density at radius 2 is 1.79 bits per heavy atom. The first-order valence-corrected chi connectivity index (χ1v) is 16.8. The Morgan fingerprint density at radius 3 is 2.33 bits per heavy atom. The van der Waals surface area contributed by atoms with Gasteiger partial charge in [-0.1, -0.05) is 6.92 Å². The fraction of sp³-hybridized carbons (Fsp3) is 0.560. The van der Waals surface area contributed by atoms with Crippen LogP contribution in [0.1, 0.15) is 55.4 Å². The van der Waals surface area contributed by atoms with Gasteiger partial charge in [0.05, 0.1) is 23.7 Å². The van der Waals surface area contributed by atoms with Crippen LogP contribution in [-0.2, 0) is 13.9 Å². The zero-order valence-corrected chi connectivity index (χ0v) is 25.4. The third-order valence-electron chi connectivity index (χ3n) is 7.70. The Balaban J connectivity index is 1.66. The number of aromatic nitrogens is 1. The highest BCUT2D eigenvalue weighted by Gasteiger charge is 2.63. The number of hydrogen-bond acceptors (Lipinski definition) is 9. The maximum absolute atomic E-state index is 13.0. The fourth-order valence-corrected chi connectivity index (χ4v) is 8.27. The quantitative estimate of drug-likeness (QED) is 0.172. The maximum atomic E-state index is 13.0. The molecule has 0 bridgehead atoms. The summed E-state index contributed by atoms with van der Waals surface area (Å²) in [6.45, 7) is 2.36. The fourth-order valence-electron chi connectivity index (χ4n) is 5.61. The standard InChI is InChI=1S/C25H36N4O12P2/c1-14-10-15(27-24(33)41-25(8-3-9-26,42(34,35)36)43(37,38)39)12-28(11-14)19-7-6-17-20(22(19)40-2)29(16-4-5-16)13-18(21(17)30)23(31)32/h6-7,13-16H,3-5,8-12,26H2,1-2H3,(H,27,33)(H,31,32)(H2,34,35,36)(H2,37,38,39)/t14-,15-/m0/s1. The molecule has 2 aromatic rings. The molecule has 43 heavy (non-hydrogen) atoms. The molecule has 8 N–H and O–H groups in total. The molecule has 18 heteroatoms. The summed E-state index contributed by atoms with van der Waals surface area (Å²) in [6.07, 6.45) is 0.813. The largest absolute Gasteiger partial charge is 0.492 e. The Labute approximate surface area is 246 Å². The van der Waals surface area contributed by atoms with Gasteiger partial charge in [-0.2, -0.15) is 0 Å². The molecule has 1 amide bonds. The van der Waals surface area contributed by atoms with Crippen LogP contribution in [0.5, 0.6) is 5.75 Å². The van der Waals surface area contributed by atoms with Crippen LogP contribution < -0.4 is 26.1 Å². The van der Waals surface area contributed by atoms with Gasteiger partial charge in [0.1, 0.15) is 5.56 Å². The molecule has 2 atom stereocenters. The Kier molecular flexibility index (Phi) is 9.34. The first kappa shape index (κ1) is 32.9. The molecule has 238 valence electrons. The third-order valence-corrected chi connectivity index (χ3v) is 11.7. The number of alkyl carbamates (subject to hydrolysis) is 1. The van der Waals surface area contributed by atoms with E-state index in [1.165, 1.54) is 19.4 Å². The lowest BCUT2D eigenvalue weighted by atomic mass is 9.95. The molecule has 0 unspecified atom stereocenters. The highest BCUT2D eigenvalue weighted by molar-refractivity contribution is 7.72. The number of aromatic carboxylic acids is 1. The molecule has 16 nitrogen and oxygen atoms in total. The summed E-state index contributed by atoms with van der Waals surface area (Å²) >= 11 is 0. The second kappa shape index (κ2) is 12.2. The number of methoxy groups -OCH3 is 1. The molecule has 0 radical (unpaired) electrons. The number of carboxylic acid groups (broad SMARTS) is 1. The molecule has 2 fully saturated rings. The van der Waals surface area contributed by atoms with E-state index in [1.54, 1.807) is 10.6 Å². The van der Waals surface area contributed by atoms with Gasteiger partial charge in [-0.05, 0) is 50.3 Å². The molecular weight excluding hydrogens is 610 g/mol. The molecule has 1 aliphatic carbocycles. The van der Waals surface area contributed by atoms with E-state index >= 15 is 0 Å². The lowest BCUT2D eigenvalue weighted by molar-refractivity contribution is 0.0694. The number of amides is 1. The van der Waals surface area contributed by atoms with Gasteiger partial charge in [-0.25, -0.2) is 9.59 Å². The first-order chi connectivity index (χ1) is 20.0. The number of nitrogens with zero attached hydrogens (tertiary/aromatic N) is 2. The minimum atomic E-state index is -5.69. The van der Waals surface area contributed by atoms with Crippen molar-refractivity contribution in [2.24, 2.45) is 11.7 Å². The Bertz CT molecular complexity index is 1540. The van der Waals surface area contributed by atoms with Crippen LogP contribution in [0.15, 0.2) is 23.1 Å². The first-order valence-electron chi connectivity index (χ1n) is 13.6. The van der Waals surface area contributed by atoms with Gasteiger partial charge < -0.3 is 54.7 Å². The van der Waals surface area contributed by atoms with Crippen LogP contribution in [-0.4, -0.2) is 79.2 Å². The number of piperidine rings is 1. The number of nitrogens with one attached hydrogen (secondary N) is 1. The number of carboxylic acids is 1. The van der Waals surface area contributed by atoms with Crippen molar-refractivity contribution in [2.45, 2.75) is 56.2 Å². The minimum Gasteiger partial charge on any atom is -0.492 e. The number of ether oxygens (including phenoxy) is 2. The highest BCUT2D eigenvalue weighted by atomic mass is 31.2. The van der Waals surface area contributed by atoms with E-state index in [0.717, 1.165) is 12.8 Å². The molecule has 4 rings (SSSR count). The van der Waals surface area contributed by atoms with E-state index < -0.39 is 50.2 Å². The molecule has 1 aromatic carbocycles. The van der Waals surface area contributed by atoms with Crippen LogP contribution >= 0.6 is 15.2 Å². The molecule has 2 heterocycles. The number of carbonyl (C=O) groups is 2. The van der Waals surface area contributed by atoms with E-state index in [9.17, 15) is 48.2 Å².